The maximum Gasteiger partial charge on any atom is 0.300 e. The Hall–Kier alpha value is -1.14. The molecule has 0 amide bonds. The van der Waals surface area contributed by atoms with Crippen LogP contribution in [0.25, 0.3) is 0 Å². The molecule has 0 bridgehead atoms. The number of hydrogen-bond acceptors (Lipinski definition) is 4. The van der Waals surface area contributed by atoms with Crippen molar-refractivity contribution in [3.05, 3.63) is 0 Å². The fraction of sp³-hybridized carbons (Fsp3) is 0.967. The van der Waals surface area contributed by atoms with Crippen molar-refractivity contribution in [1.82, 2.24) is 9.80 Å². The molecular weight excluding hydrogens is 825 g/mol. The van der Waals surface area contributed by atoms with Crippen molar-refractivity contribution in [3.63, 3.8) is 0 Å². The molecule has 6 heteroatoms. The van der Waals surface area contributed by atoms with Crippen LogP contribution in [-0.2, 0) is 9.59 Å². The van der Waals surface area contributed by atoms with Gasteiger partial charge in [-0.05, 0) is 65.5 Å². The molecular formula is C61H128N2O4. The Morgan fingerprint density at radius 1 is 0.269 bits per heavy atom. The van der Waals surface area contributed by atoms with Crippen molar-refractivity contribution in [2.24, 2.45) is 0 Å². The van der Waals surface area contributed by atoms with Gasteiger partial charge >= 0.3 is 0 Å². The minimum Gasteiger partial charge on any atom is -0.481 e. The van der Waals surface area contributed by atoms with E-state index in [-0.39, 0.29) is 0 Å². The Morgan fingerprint density at radius 3 is 0.552 bits per heavy atom. The van der Waals surface area contributed by atoms with E-state index >= 15 is 0 Å². The molecule has 0 saturated carbocycles. The molecule has 0 aromatic heterocycles. The number of carboxylic acid groups (broad SMARTS) is 2. The van der Waals surface area contributed by atoms with E-state index in [1.54, 1.807) is 0 Å². The molecule has 0 aliphatic heterocycles. The topological polar surface area (TPSA) is 81.1 Å². The van der Waals surface area contributed by atoms with E-state index in [1.165, 1.54) is 328 Å². The number of carboxylic acids is 2. The molecule has 2 N–H and O–H groups in total. The molecule has 0 spiro atoms. The summed E-state index contributed by atoms with van der Waals surface area (Å²) in [6, 6.07) is 0. The van der Waals surface area contributed by atoms with Crippen LogP contribution in [0.1, 0.15) is 344 Å². The van der Waals surface area contributed by atoms with Crippen molar-refractivity contribution in [2.45, 2.75) is 344 Å². The minimum absolute atomic E-state index is 0.833. The summed E-state index contributed by atoms with van der Waals surface area (Å²) in [5.74, 6) is -1.67. The van der Waals surface area contributed by atoms with Crippen LogP contribution < -0.4 is 0 Å². The van der Waals surface area contributed by atoms with Gasteiger partial charge in [-0.25, -0.2) is 0 Å². The highest BCUT2D eigenvalue weighted by Gasteiger charge is 2.03. The van der Waals surface area contributed by atoms with Gasteiger partial charge in [0.15, 0.2) is 0 Å². The summed E-state index contributed by atoms with van der Waals surface area (Å²) in [5, 5.41) is 14.8. The summed E-state index contributed by atoms with van der Waals surface area (Å²) in [4.78, 5) is 23.3. The van der Waals surface area contributed by atoms with Crippen LogP contribution in [0.3, 0.4) is 0 Å². The lowest BCUT2D eigenvalue weighted by molar-refractivity contribution is -0.135. The molecule has 0 radical (unpaired) electrons. The number of unbranched alkanes of at least 4 members (excludes halogenated alkanes) is 42. The second-order valence-corrected chi connectivity index (χ2v) is 20.6. The van der Waals surface area contributed by atoms with Gasteiger partial charge < -0.3 is 20.0 Å². The smallest absolute Gasteiger partial charge is 0.300 e. The molecule has 67 heavy (non-hydrogen) atoms. The number of rotatable bonds is 51. The first-order valence-corrected chi connectivity index (χ1v) is 30.4. The molecule has 0 aromatic carbocycles. The molecule has 0 unspecified atom stereocenters. The lowest BCUT2D eigenvalue weighted by Gasteiger charge is -2.20. The minimum atomic E-state index is -0.833. The van der Waals surface area contributed by atoms with Gasteiger partial charge in [0.2, 0.25) is 0 Å². The number of hydrogen-bond donors (Lipinski definition) is 2. The van der Waals surface area contributed by atoms with Gasteiger partial charge in [-0.1, -0.05) is 304 Å². The fourth-order valence-corrected chi connectivity index (χ4v) is 8.98. The number of carbonyl (C=O) groups is 2. The zero-order valence-corrected chi connectivity index (χ0v) is 47.7. The average molecular weight is 954 g/mol. The fourth-order valence-electron chi connectivity index (χ4n) is 8.98. The van der Waals surface area contributed by atoms with Gasteiger partial charge in [0.25, 0.3) is 11.9 Å². The van der Waals surface area contributed by atoms with E-state index in [0.29, 0.717) is 0 Å². The third kappa shape index (κ3) is 85.2. The maximum atomic E-state index is 9.00. The van der Waals surface area contributed by atoms with Crippen LogP contribution in [0.5, 0.6) is 0 Å². The van der Waals surface area contributed by atoms with Crippen molar-refractivity contribution in [1.29, 1.82) is 0 Å². The van der Waals surface area contributed by atoms with Crippen LogP contribution in [0.4, 0.5) is 0 Å². The van der Waals surface area contributed by atoms with E-state index in [9.17, 15) is 0 Å². The van der Waals surface area contributed by atoms with E-state index in [2.05, 4.69) is 51.5 Å². The Morgan fingerprint density at radius 2 is 0.403 bits per heavy atom. The molecule has 406 valence electrons. The summed E-state index contributed by atoms with van der Waals surface area (Å²) >= 11 is 0. The molecule has 0 aliphatic carbocycles. The molecule has 6 nitrogen and oxygen atoms in total. The highest BCUT2D eigenvalue weighted by molar-refractivity contribution is 5.63. The van der Waals surface area contributed by atoms with Crippen LogP contribution >= 0.6 is 0 Å². The molecule has 0 rings (SSSR count). The van der Waals surface area contributed by atoms with Gasteiger partial charge in [0.1, 0.15) is 0 Å². The Bertz CT molecular complexity index is 826. The highest BCUT2D eigenvalue weighted by atomic mass is 16.4. The molecule has 0 saturated heterocycles. The summed E-state index contributed by atoms with van der Waals surface area (Å²) in [6.45, 7) is 20.3. The molecule has 0 aromatic rings. The predicted octanol–water partition coefficient (Wildman–Crippen LogP) is 20.4. The Kier molecular flexibility index (Phi) is 74.7. The Labute approximate surface area is 423 Å². The van der Waals surface area contributed by atoms with Crippen LogP contribution in [0.15, 0.2) is 0 Å². The van der Waals surface area contributed by atoms with Gasteiger partial charge in [-0.2, -0.15) is 0 Å². The average Bonchev–Trinajstić information content (AvgIpc) is 3.29. The predicted molar refractivity (Wildman–Crippen MR) is 301 cm³/mol. The van der Waals surface area contributed by atoms with Crippen molar-refractivity contribution < 1.29 is 19.8 Å². The Balaban J connectivity index is -0.000000519. The SMILES string of the molecule is CC(=O)O.CC(=O)O.CCCCCCCCCCCCCCCCCCN(CC)CCCCCCCCCCCC.CCCCCCCCCCCCN(C)CCCCCCCCCCCC. The zero-order valence-electron chi connectivity index (χ0n) is 47.7. The zero-order chi connectivity index (χ0) is 50.4. The van der Waals surface area contributed by atoms with Crippen molar-refractivity contribution in [2.75, 3.05) is 39.8 Å². The van der Waals surface area contributed by atoms with Gasteiger partial charge in [-0.3, -0.25) is 9.59 Å². The first kappa shape index (κ1) is 72.4. The highest BCUT2D eigenvalue weighted by Crippen LogP contribution is 2.16. The summed E-state index contributed by atoms with van der Waals surface area (Å²) in [5.41, 5.74) is 0. The second-order valence-electron chi connectivity index (χ2n) is 20.6. The molecule has 0 heterocycles. The maximum absolute atomic E-state index is 9.00. The van der Waals surface area contributed by atoms with E-state index in [0.717, 1.165) is 13.8 Å². The first-order chi connectivity index (χ1) is 32.6. The summed E-state index contributed by atoms with van der Waals surface area (Å²) < 4.78 is 0. The van der Waals surface area contributed by atoms with Gasteiger partial charge in [0.05, 0.1) is 0 Å². The molecule has 0 fully saturated rings. The quantitative estimate of drug-likeness (QED) is 0.0591. The van der Waals surface area contributed by atoms with Crippen LogP contribution in [0.2, 0.25) is 0 Å². The van der Waals surface area contributed by atoms with Gasteiger partial charge in [0, 0.05) is 13.8 Å². The monoisotopic (exact) mass is 953 g/mol. The van der Waals surface area contributed by atoms with Crippen LogP contribution in [-0.4, -0.2) is 71.7 Å². The van der Waals surface area contributed by atoms with Crippen molar-refractivity contribution >= 4 is 11.9 Å². The third-order valence-electron chi connectivity index (χ3n) is 13.4. The second kappa shape index (κ2) is 69.1. The largest absolute Gasteiger partial charge is 0.481 e. The van der Waals surface area contributed by atoms with E-state index in [1.807, 2.05) is 0 Å². The normalized spacial score (nSPS) is 11.0. The van der Waals surface area contributed by atoms with Crippen LogP contribution in [0, 0.1) is 0 Å². The molecule has 0 atom stereocenters. The van der Waals surface area contributed by atoms with Gasteiger partial charge in [-0.15, -0.1) is 0 Å². The standard InChI is InChI=1S/C32H67N.C25H53N.2C2H4O2/c1-4-7-9-11-13-15-17-18-19-20-21-22-24-26-28-30-32-33(6-3)31-29-27-25-23-16-14-12-10-8-5-2;1-4-6-8-10-12-14-16-18-20-22-24-26(3)25-23-21-19-17-15-13-11-9-7-5-2;2*1-2(3)4/h4-32H2,1-3H3;4-25H2,1-3H3;2*1H3,(H,3,4). The lowest BCUT2D eigenvalue weighted by Crippen LogP contribution is -2.25. The molecule has 0 aliphatic rings. The number of nitrogens with zero attached hydrogens (tertiary/aromatic N) is 2. The number of aliphatic carboxylic acids is 2. The van der Waals surface area contributed by atoms with E-state index < -0.39 is 11.9 Å². The third-order valence-corrected chi connectivity index (χ3v) is 13.4. The first-order valence-electron chi connectivity index (χ1n) is 30.4. The van der Waals surface area contributed by atoms with E-state index in [4.69, 9.17) is 19.8 Å². The summed E-state index contributed by atoms with van der Waals surface area (Å²) in [6.07, 6.45) is 66.8. The lowest BCUT2D eigenvalue weighted by atomic mass is 10.0. The summed E-state index contributed by atoms with van der Waals surface area (Å²) in [7, 11) is 2.32. The van der Waals surface area contributed by atoms with Crippen molar-refractivity contribution in [3.8, 4) is 0 Å².